The van der Waals surface area contributed by atoms with E-state index in [1.54, 1.807) is 0 Å². The number of carboxylic acids is 1. The second kappa shape index (κ2) is 3.14. The van der Waals surface area contributed by atoms with E-state index >= 15 is 0 Å². The first-order valence-corrected chi connectivity index (χ1v) is 5.21. The van der Waals surface area contributed by atoms with Gasteiger partial charge in [-0.2, -0.15) is 0 Å². The van der Waals surface area contributed by atoms with Gasteiger partial charge in [-0.05, 0) is 43.2 Å². The van der Waals surface area contributed by atoms with E-state index in [1.165, 1.54) is 0 Å². The highest BCUT2D eigenvalue weighted by Crippen LogP contribution is 2.59. The lowest BCUT2D eigenvalue weighted by atomic mass is 10.1. The van der Waals surface area contributed by atoms with Crippen molar-refractivity contribution in [1.29, 1.82) is 0 Å². The number of aliphatic carboxylic acids is 1. The predicted octanol–water partition coefficient (Wildman–Crippen LogP) is 2.97. The number of hydrogen-bond donors (Lipinski definition) is 1. The van der Waals surface area contributed by atoms with Gasteiger partial charge in [0.25, 0.3) is 0 Å². The molecule has 1 aliphatic carbocycles. The molecule has 68 valence electrons. The van der Waals surface area contributed by atoms with Crippen molar-refractivity contribution in [2.75, 3.05) is 0 Å². The molecule has 1 fully saturated rings. The molecule has 0 heterocycles. The smallest absolute Gasteiger partial charge is 0.307 e. The maximum Gasteiger partial charge on any atom is 0.307 e. The van der Waals surface area contributed by atoms with Crippen LogP contribution in [0.5, 0.6) is 0 Å². The number of halogens is 2. The molecule has 0 spiro atoms. The van der Waals surface area contributed by atoms with Crippen molar-refractivity contribution in [3.05, 3.63) is 9.47 Å². The molecule has 0 bridgehead atoms. The Morgan fingerprint density at radius 3 is 2.25 bits per heavy atom. The van der Waals surface area contributed by atoms with Crippen LogP contribution in [0.3, 0.4) is 0 Å². The van der Waals surface area contributed by atoms with Crippen molar-refractivity contribution in [1.82, 2.24) is 0 Å². The number of carbonyl (C=O) groups is 1. The van der Waals surface area contributed by atoms with Crippen LogP contribution in [0.15, 0.2) is 9.47 Å². The molecule has 0 aromatic rings. The quantitative estimate of drug-likeness (QED) is 0.851. The van der Waals surface area contributed by atoms with E-state index in [4.69, 9.17) is 5.11 Å². The summed E-state index contributed by atoms with van der Waals surface area (Å²) in [7, 11) is 0. The molecule has 0 aromatic carbocycles. The summed E-state index contributed by atoms with van der Waals surface area (Å²) >= 11 is 6.46. The number of rotatable bonds is 2. The second-order valence-corrected chi connectivity index (χ2v) is 6.39. The van der Waals surface area contributed by atoms with Crippen LogP contribution in [0.4, 0.5) is 0 Å². The SMILES string of the molecule is CC1(C)[C@@H](C=C(Br)Br)[C@@H]1C(=O)O. The topological polar surface area (TPSA) is 37.3 Å². The standard InChI is InChI=1S/C8H10Br2O2/c1-8(2)4(3-5(9)10)6(8)7(11)12/h3-4,6H,1-2H3,(H,11,12)/t4-,6+/m0/s1. The van der Waals surface area contributed by atoms with Crippen molar-refractivity contribution >= 4 is 37.8 Å². The minimum Gasteiger partial charge on any atom is -0.481 e. The van der Waals surface area contributed by atoms with E-state index in [0.29, 0.717) is 0 Å². The number of hydrogen-bond acceptors (Lipinski definition) is 1. The van der Waals surface area contributed by atoms with E-state index in [1.807, 2.05) is 19.9 Å². The lowest BCUT2D eigenvalue weighted by Crippen LogP contribution is -2.02. The van der Waals surface area contributed by atoms with Crippen molar-refractivity contribution in [3.63, 3.8) is 0 Å². The summed E-state index contributed by atoms with van der Waals surface area (Å²) in [5, 5.41) is 8.81. The van der Waals surface area contributed by atoms with Gasteiger partial charge in [-0.15, -0.1) is 0 Å². The maximum atomic E-state index is 10.7. The van der Waals surface area contributed by atoms with Crippen LogP contribution >= 0.6 is 31.9 Å². The molecular formula is C8H10Br2O2. The van der Waals surface area contributed by atoms with E-state index < -0.39 is 5.97 Å². The molecule has 2 nitrogen and oxygen atoms in total. The Morgan fingerprint density at radius 2 is 2.00 bits per heavy atom. The van der Waals surface area contributed by atoms with Gasteiger partial charge in [0.05, 0.1) is 9.31 Å². The molecule has 0 aromatic heterocycles. The Balaban J connectivity index is 2.73. The van der Waals surface area contributed by atoms with Crippen LogP contribution in [0.1, 0.15) is 13.8 Å². The molecule has 0 amide bonds. The van der Waals surface area contributed by atoms with Crippen molar-refractivity contribution in [2.24, 2.45) is 17.3 Å². The third kappa shape index (κ3) is 1.74. The molecule has 12 heavy (non-hydrogen) atoms. The summed E-state index contributed by atoms with van der Waals surface area (Å²) in [4.78, 5) is 10.7. The minimum absolute atomic E-state index is 0.0986. The van der Waals surface area contributed by atoms with Gasteiger partial charge < -0.3 is 5.11 Å². The molecule has 1 N–H and O–H groups in total. The van der Waals surface area contributed by atoms with Gasteiger partial charge in [0.2, 0.25) is 0 Å². The zero-order valence-corrected chi connectivity index (χ0v) is 10.0. The van der Waals surface area contributed by atoms with Crippen LogP contribution < -0.4 is 0 Å². The molecule has 1 rings (SSSR count). The average molecular weight is 298 g/mol. The molecule has 0 saturated heterocycles. The summed E-state index contributed by atoms with van der Waals surface area (Å²) < 4.78 is 0.830. The van der Waals surface area contributed by atoms with Gasteiger partial charge in [-0.1, -0.05) is 19.9 Å². The summed E-state index contributed by atoms with van der Waals surface area (Å²) in [5.74, 6) is -0.797. The van der Waals surface area contributed by atoms with Gasteiger partial charge >= 0.3 is 5.97 Å². The minimum atomic E-state index is -0.706. The van der Waals surface area contributed by atoms with Gasteiger partial charge in [0.15, 0.2) is 0 Å². The van der Waals surface area contributed by atoms with Gasteiger partial charge in [0, 0.05) is 0 Å². The lowest BCUT2D eigenvalue weighted by molar-refractivity contribution is -0.139. The lowest BCUT2D eigenvalue weighted by Gasteiger charge is -1.96. The normalized spacial score (nSPS) is 31.0. The molecule has 4 heteroatoms. The van der Waals surface area contributed by atoms with Crippen molar-refractivity contribution in [2.45, 2.75) is 13.8 Å². The third-order valence-corrected chi connectivity index (χ3v) is 3.01. The summed E-state index contributed by atoms with van der Waals surface area (Å²) in [6, 6.07) is 0. The summed E-state index contributed by atoms with van der Waals surface area (Å²) in [5.41, 5.74) is -0.0986. The maximum absolute atomic E-state index is 10.7. The summed E-state index contributed by atoms with van der Waals surface area (Å²) in [6.45, 7) is 3.94. The molecule has 2 atom stereocenters. The fourth-order valence-electron chi connectivity index (χ4n) is 1.60. The highest BCUT2D eigenvalue weighted by Gasteiger charge is 2.60. The van der Waals surface area contributed by atoms with Crippen LogP contribution in [-0.4, -0.2) is 11.1 Å². The Morgan fingerprint density at radius 1 is 1.50 bits per heavy atom. The first-order chi connectivity index (χ1) is 5.37. The molecule has 0 unspecified atom stereocenters. The van der Waals surface area contributed by atoms with Gasteiger partial charge in [-0.25, -0.2) is 0 Å². The fraction of sp³-hybridized carbons (Fsp3) is 0.625. The van der Waals surface area contributed by atoms with Crippen molar-refractivity contribution in [3.8, 4) is 0 Å². The van der Waals surface area contributed by atoms with Gasteiger partial charge in [0.1, 0.15) is 0 Å². The predicted molar refractivity (Wildman–Crippen MR) is 54.3 cm³/mol. The molecule has 0 radical (unpaired) electrons. The Bertz CT molecular complexity index is 241. The second-order valence-electron chi connectivity index (χ2n) is 3.62. The Kier molecular flexibility index (Phi) is 2.69. The Hall–Kier alpha value is 0.170. The van der Waals surface area contributed by atoms with Crippen LogP contribution in [0.25, 0.3) is 0 Å². The zero-order valence-electron chi connectivity index (χ0n) is 6.84. The van der Waals surface area contributed by atoms with E-state index in [0.717, 1.165) is 3.39 Å². The van der Waals surface area contributed by atoms with E-state index in [-0.39, 0.29) is 17.3 Å². The first-order valence-electron chi connectivity index (χ1n) is 3.63. The molecular weight excluding hydrogens is 288 g/mol. The van der Waals surface area contributed by atoms with Crippen molar-refractivity contribution < 1.29 is 9.90 Å². The monoisotopic (exact) mass is 296 g/mol. The zero-order chi connectivity index (χ0) is 9.52. The van der Waals surface area contributed by atoms with Crippen LogP contribution in [0.2, 0.25) is 0 Å². The van der Waals surface area contributed by atoms with E-state index in [9.17, 15) is 4.79 Å². The third-order valence-electron chi connectivity index (χ3n) is 2.48. The molecule has 1 aliphatic rings. The average Bonchev–Trinajstić information content (AvgIpc) is 2.32. The highest BCUT2D eigenvalue weighted by atomic mass is 79.9. The highest BCUT2D eigenvalue weighted by molar-refractivity contribution is 9.28. The Labute approximate surface area is 88.3 Å². The van der Waals surface area contributed by atoms with Crippen LogP contribution in [-0.2, 0) is 4.79 Å². The molecule has 1 saturated carbocycles. The number of carboxylic acid groups (broad SMARTS) is 1. The molecule has 0 aliphatic heterocycles. The van der Waals surface area contributed by atoms with E-state index in [2.05, 4.69) is 31.9 Å². The first kappa shape index (κ1) is 10.3. The number of allylic oxidation sites excluding steroid dienone is 1. The fourth-order valence-corrected chi connectivity index (χ4v) is 2.17. The summed E-state index contributed by atoms with van der Waals surface area (Å²) in [6.07, 6.45) is 1.90. The van der Waals surface area contributed by atoms with Crippen LogP contribution in [0, 0.1) is 17.3 Å². The largest absolute Gasteiger partial charge is 0.481 e. The van der Waals surface area contributed by atoms with Gasteiger partial charge in [-0.3, -0.25) is 4.79 Å².